The average molecular weight is 769 g/mol. The van der Waals surface area contributed by atoms with Crippen molar-refractivity contribution in [3.63, 3.8) is 0 Å². The number of nitrogens with one attached hydrogen (secondary N) is 2. The van der Waals surface area contributed by atoms with E-state index in [4.69, 9.17) is 9.47 Å². The molecule has 0 saturated heterocycles. The number of aryl methyl sites for hydroxylation is 1. The van der Waals surface area contributed by atoms with E-state index in [2.05, 4.69) is 10.6 Å². The van der Waals surface area contributed by atoms with E-state index in [-0.39, 0.29) is 28.7 Å². The number of carbonyl (C=O) groups is 3. The fraction of sp³-hybridized carbons (Fsp3) is 0.0208. The summed E-state index contributed by atoms with van der Waals surface area (Å²) in [6.45, 7) is 1.96. The average Bonchev–Trinajstić information content (AvgIpc) is 3.22. The third-order valence-electron chi connectivity index (χ3n) is 9.09. The number of carbonyl (C=O) groups excluding carboxylic acids is 2. The monoisotopic (exact) mass is 768 g/mol. The number of ether oxygens (including phenoxy) is 2. The minimum atomic E-state index is -1.11. The standard InChI is InChI=1S/C24H17NO5.C24H19NO3/c26-18-9-5-17-14-20(12-8-16(17)13-18)30-19-10-6-15(7-11-19)23(27)25-22-4-2-1-3-21(22)24(28)29;1-16-4-2-3-5-23(16)25-24(27)17-7-11-21(12-8-17)28-22-13-9-18-14-20(26)10-6-19(18)15-22/h1-14,26H,(H,25,27)(H,28,29);2-15,26H,1H3,(H,25,27). The Morgan fingerprint density at radius 2 is 0.845 bits per heavy atom. The fourth-order valence-corrected chi connectivity index (χ4v) is 6.05. The summed E-state index contributed by atoms with van der Waals surface area (Å²) in [6, 6.07) is 48.9. The van der Waals surface area contributed by atoms with Crippen LogP contribution in [-0.2, 0) is 0 Å². The van der Waals surface area contributed by atoms with Crippen LogP contribution in [0.1, 0.15) is 36.6 Å². The SMILES string of the molecule is Cc1ccccc1NC(=O)c1ccc(Oc2ccc3cc(O)ccc3c2)cc1.O=C(Nc1ccccc1C(=O)O)c1ccc(Oc2ccc3cc(O)ccc3c2)cc1. The molecule has 2 amide bonds. The fourth-order valence-electron chi connectivity index (χ4n) is 6.05. The van der Waals surface area contributed by atoms with E-state index >= 15 is 0 Å². The molecule has 8 aromatic carbocycles. The van der Waals surface area contributed by atoms with Gasteiger partial charge in [0.2, 0.25) is 0 Å². The molecule has 286 valence electrons. The van der Waals surface area contributed by atoms with Gasteiger partial charge in [-0.05, 0) is 149 Å². The van der Waals surface area contributed by atoms with Gasteiger partial charge >= 0.3 is 5.97 Å². The molecule has 0 radical (unpaired) electrons. The Hall–Kier alpha value is -8.11. The smallest absolute Gasteiger partial charge is 0.337 e. The van der Waals surface area contributed by atoms with Crippen LogP contribution in [0, 0.1) is 6.92 Å². The van der Waals surface area contributed by atoms with E-state index in [9.17, 15) is 29.7 Å². The molecule has 0 atom stereocenters. The Balaban J connectivity index is 0.000000177. The highest BCUT2D eigenvalue weighted by molar-refractivity contribution is 6.08. The van der Waals surface area contributed by atoms with Crippen LogP contribution in [0.2, 0.25) is 0 Å². The zero-order valence-corrected chi connectivity index (χ0v) is 31.0. The van der Waals surface area contributed by atoms with E-state index in [1.165, 1.54) is 12.1 Å². The number of hydrogen-bond donors (Lipinski definition) is 5. The molecule has 0 aromatic heterocycles. The topological polar surface area (TPSA) is 154 Å². The molecule has 58 heavy (non-hydrogen) atoms. The maximum atomic E-state index is 12.5. The lowest BCUT2D eigenvalue weighted by molar-refractivity contribution is 0.0697. The van der Waals surface area contributed by atoms with Crippen LogP contribution >= 0.6 is 0 Å². The first kappa shape index (κ1) is 38.2. The molecule has 0 aliphatic carbocycles. The van der Waals surface area contributed by atoms with Crippen LogP contribution in [0.3, 0.4) is 0 Å². The van der Waals surface area contributed by atoms with Gasteiger partial charge in [-0.2, -0.15) is 0 Å². The molecular weight excluding hydrogens is 733 g/mol. The number of anilines is 2. The number of carboxylic acids is 1. The number of fused-ring (bicyclic) bond motifs is 2. The van der Waals surface area contributed by atoms with Gasteiger partial charge in [0.15, 0.2) is 0 Å². The summed E-state index contributed by atoms with van der Waals surface area (Å²) >= 11 is 0. The van der Waals surface area contributed by atoms with Gasteiger partial charge in [0.25, 0.3) is 11.8 Å². The van der Waals surface area contributed by atoms with Crippen molar-refractivity contribution in [1.82, 2.24) is 0 Å². The molecule has 0 spiro atoms. The summed E-state index contributed by atoms with van der Waals surface area (Å²) in [5.74, 6) is 1.27. The van der Waals surface area contributed by atoms with Gasteiger partial charge < -0.3 is 35.4 Å². The first-order valence-corrected chi connectivity index (χ1v) is 18.1. The zero-order valence-electron chi connectivity index (χ0n) is 31.0. The number of hydrogen-bond acceptors (Lipinski definition) is 7. The van der Waals surface area contributed by atoms with E-state index in [0.29, 0.717) is 34.1 Å². The molecule has 0 heterocycles. The van der Waals surface area contributed by atoms with Crippen LogP contribution in [0.5, 0.6) is 34.5 Å². The predicted octanol–water partition coefficient (Wildman–Crippen LogP) is 11.2. The zero-order chi connectivity index (χ0) is 40.6. The molecule has 0 saturated carbocycles. The molecular formula is C48H36N2O8. The summed E-state index contributed by atoms with van der Waals surface area (Å²) < 4.78 is 11.7. The largest absolute Gasteiger partial charge is 0.508 e. The van der Waals surface area contributed by atoms with Crippen LogP contribution in [0.25, 0.3) is 21.5 Å². The Bertz CT molecular complexity index is 2780. The molecule has 0 aliphatic heterocycles. The van der Waals surface area contributed by atoms with Gasteiger partial charge in [-0.25, -0.2) is 4.79 Å². The molecule has 0 fully saturated rings. The summed E-state index contributed by atoms with van der Waals surface area (Å²) in [4.78, 5) is 36.2. The number of benzene rings is 8. The van der Waals surface area contributed by atoms with Crippen LogP contribution in [-0.4, -0.2) is 33.1 Å². The van der Waals surface area contributed by atoms with Gasteiger partial charge in [-0.3, -0.25) is 9.59 Å². The second-order valence-corrected chi connectivity index (χ2v) is 13.2. The number of aromatic hydroxyl groups is 2. The summed E-state index contributed by atoms with van der Waals surface area (Å²) in [5, 5.41) is 37.6. The summed E-state index contributed by atoms with van der Waals surface area (Å²) in [5.41, 5.74) is 3.00. The molecule has 0 bridgehead atoms. The lowest BCUT2D eigenvalue weighted by atomic mass is 10.1. The number of phenolic OH excluding ortho intramolecular Hbond substituents is 2. The maximum absolute atomic E-state index is 12.5. The van der Waals surface area contributed by atoms with E-state index in [0.717, 1.165) is 32.8 Å². The minimum Gasteiger partial charge on any atom is -0.508 e. The first-order valence-electron chi connectivity index (χ1n) is 18.1. The van der Waals surface area contributed by atoms with Crippen LogP contribution in [0.15, 0.2) is 170 Å². The second kappa shape index (κ2) is 17.1. The number of amides is 2. The van der Waals surface area contributed by atoms with Crippen molar-refractivity contribution in [3.8, 4) is 34.5 Å². The van der Waals surface area contributed by atoms with Crippen molar-refractivity contribution in [2.75, 3.05) is 10.6 Å². The van der Waals surface area contributed by atoms with Gasteiger partial charge in [-0.15, -0.1) is 0 Å². The van der Waals surface area contributed by atoms with Gasteiger partial charge in [-0.1, -0.05) is 54.6 Å². The maximum Gasteiger partial charge on any atom is 0.337 e. The third kappa shape index (κ3) is 9.39. The van der Waals surface area contributed by atoms with Crippen molar-refractivity contribution in [2.24, 2.45) is 0 Å². The van der Waals surface area contributed by atoms with E-state index in [1.54, 1.807) is 97.1 Å². The predicted molar refractivity (Wildman–Crippen MR) is 225 cm³/mol. The number of aromatic carboxylic acids is 1. The van der Waals surface area contributed by atoms with Crippen molar-refractivity contribution in [3.05, 3.63) is 192 Å². The third-order valence-corrected chi connectivity index (χ3v) is 9.09. The minimum absolute atomic E-state index is 0.0235. The van der Waals surface area contributed by atoms with Crippen LogP contribution in [0.4, 0.5) is 11.4 Å². The Morgan fingerprint density at radius 3 is 1.33 bits per heavy atom. The lowest BCUT2D eigenvalue weighted by Gasteiger charge is -2.10. The van der Waals surface area contributed by atoms with Crippen molar-refractivity contribution >= 4 is 50.7 Å². The Kier molecular flexibility index (Phi) is 11.3. The first-order chi connectivity index (χ1) is 28.1. The lowest BCUT2D eigenvalue weighted by Crippen LogP contribution is -2.14. The van der Waals surface area contributed by atoms with E-state index in [1.807, 2.05) is 67.6 Å². The molecule has 5 N–H and O–H groups in total. The molecule has 8 aromatic rings. The van der Waals surface area contributed by atoms with Crippen molar-refractivity contribution in [1.29, 1.82) is 0 Å². The Labute approximate surface area is 333 Å². The number of phenols is 2. The number of para-hydroxylation sites is 2. The van der Waals surface area contributed by atoms with Gasteiger partial charge in [0.05, 0.1) is 11.3 Å². The van der Waals surface area contributed by atoms with Gasteiger partial charge in [0, 0.05) is 16.8 Å². The summed E-state index contributed by atoms with van der Waals surface area (Å²) in [6.07, 6.45) is 0. The highest BCUT2D eigenvalue weighted by atomic mass is 16.5. The number of rotatable bonds is 9. The second-order valence-electron chi connectivity index (χ2n) is 13.2. The normalized spacial score (nSPS) is 10.6. The van der Waals surface area contributed by atoms with Gasteiger partial charge in [0.1, 0.15) is 34.5 Å². The number of carboxylic acid groups (broad SMARTS) is 1. The molecule has 10 nitrogen and oxygen atoms in total. The molecule has 0 unspecified atom stereocenters. The van der Waals surface area contributed by atoms with Crippen LogP contribution < -0.4 is 20.1 Å². The molecule has 0 aliphatic rings. The summed E-state index contributed by atoms with van der Waals surface area (Å²) in [7, 11) is 0. The quantitative estimate of drug-likeness (QED) is 0.0972. The van der Waals surface area contributed by atoms with Crippen molar-refractivity contribution < 1.29 is 39.2 Å². The highest BCUT2D eigenvalue weighted by Crippen LogP contribution is 2.30. The van der Waals surface area contributed by atoms with Crippen molar-refractivity contribution in [2.45, 2.75) is 6.92 Å². The molecule has 10 heteroatoms. The van der Waals surface area contributed by atoms with E-state index < -0.39 is 11.9 Å². The highest BCUT2D eigenvalue weighted by Gasteiger charge is 2.14. The molecule has 8 rings (SSSR count). The Morgan fingerprint density at radius 1 is 0.448 bits per heavy atom.